The summed E-state index contributed by atoms with van der Waals surface area (Å²) in [5.41, 5.74) is 0.157. The second-order valence-corrected chi connectivity index (χ2v) is 4.67. The van der Waals surface area contributed by atoms with Crippen molar-refractivity contribution in [2.75, 3.05) is 5.32 Å². The van der Waals surface area contributed by atoms with Crippen molar-refractivity contribution in [3.8, 4) is 0 Å². The van der Waals surface area contributed by atoms with Gasteiger partial charge in [0, 0.05) is 17.4 Å². The first-order chi connectivity index (χ1) is 9.47. The summed E-state index contributed by atoms with van der Waals surface area (Å²) < 4.78 is 13.6. The Morgan fingerprint density at radius 2 is 2.00 bits per heavy atom. The molecule has 0 radical (unpaired) electrons. The van der Waals surface area contributed by atoms with E-state index in [4.69, 9.17) is 5.11 Å². The minimum absolute atomic E-state index is 0.126. The fourth-order valence-electron chi connectivity index (χ4n) is 1.47. The van der Waals surface area contributed by atoms with Crippen LogP contribution >= 0.6 is 15.9 Å². The minimum Gasteiger partial charge on any atom is -0.477 e. The highest BCUT2D eigenvalue weighted by molar-refractivity contribution is 9.10. The van der Waals surface area contributed by atoms with Crippen LogP contribution in [0.5, 0.6) is 0 Å². The van der Waals surface area contributed by atoms with Crippen molar-refractivity contribution in [2.45, 2.75) is 0 Å². The molecule has 0 bridgehead atoms. The quantitative estimate of drug-likeness (QED) is 0.901. The molecular weight excluding hydrogens is 331 g/mol. The van der Waals surface area contributed by atoms with E-state index in [1.807, 2.05) is 0 Å². The van der Waals surface area contributed by atoms with Crippen LogP contribution in [-0.2, 0) is 0 Å². The number of hydrogen-bond donors (Lipinski definition) is 2. The van der Waals surface area contributed by atoms with Crippen LogP contribution < -0.4 is 5.32 Å². The average Bonchev–Trinajstić information content (AvgIpc) is 2.43. The number of pyridine rings is 1. The maximum Gasteiger partial charge on any atom is 0.354 e. The largest absolute Gasteiger partial charge is 0.477 e. The highest BCUT2D eigenvalue weighted by Crippen LogP contribution is 2.19. The van der Waals surface area contributed by atoms with Crippen molar-refractivity contribution in [1.29, 1.82) is 0 Å². The number of halogens is 2. The number of amides is 1. The summed E-state index contributed by atoms with van der Waals surface area (Å²) in [7, 11) is 0. The van der Waals surface area contributed by atoms with Crippen LogP contribution in [0, 0.1) is 5.82 Å². The van der Waals surface area contributed by atoms with Gasteiger partial charge in [-0.25, -0.2) is 14.2 Å². The van der Waals surface area contributed by atoms with Gasteiger partial charge in [-0.05, 0) is 46.3 Å². The highest BCUT2D eigenvalue weighted by Gasteiger charge is 2.11. The molecule has 0 fully saturated rings. The third-order valence-corrected chi connectivity index (χ3v) is 3.06. The van der Waals surface area contributed by atoms with Gasteiger partial charge in [0.2, 0.25) is 0 Å². The monoisotopic (exact) mass is 338 g/mol. The number of anilines is 1. The summed E-state index contributed by atoms with van der Waals surface area (Å²) in [6.07, 6.45) is 1.22. The van der Waals surface area contributed by atoms with E-state index >= 15 is 0 Å². The zero-order valence-electron chi connectivity index (χ0n) is 9.93. The molecular formula is C13H8BrFN2O3. The summed E-state index contributed by atoms with van der Waals surface area (Å²) in [5, 5.41) is 11.3. The van der Waals surface area contributed by atoms with E-state index in [1.165, 1.54) is 24.4 Å². The van der Waals surface area contributed by atoms with Gasteiger partial charge in [0.25, 0.3) is 5.91 Å². The fourth-order valence-corrected chi connectivity index (χ4v) is 1.71. The molecule has 0 saturated carbocycles. The summed E-state index contributed by atoms with van der Waals surface area (Å²) >= 11 is 3.00. The summed E-state index contributed by atoms with van der Waals surface area (Å²) in [6.45, 7) is 0. The van der Waals surface area contributed by atoms with Gasteiger partial charge in [0.05, 0.1) is 4.47 Å². The molecule has 0 aliphatic rings. The van der Waals surface area contributed by atoms with Gasteiger partial charge in [-0.1, -0.05) is 0 Å². The Kier molecular flexibility index (Phi) is 4.09. The Morgan fingerprint density at radius 1 is 1.25 bits per heavy atom. The molecule has 0 spiro atoms. The third-order valence-electron chi connectivity index (χ3n) is 2.42. The molecule has 0 unspecified atom stereocenters. The number of carbonyl (C=O) groups is 2. The number of aromatic carboxylic acids is 1. The topological polar surface area (TPSA) is 79.3 Å². The first-order valence-electron chi connectivity index (χ1n) is 5.43. The number of rotatable bonds is 3. The number of carboxylic acid groups (broad SMARTS) is 1. The minimum atomic E-state index is -1.23. The molecule has 20 heavy (non-hydrogen) atoms. The van der Waals surface area contributed by atoms with Crippen molar-refractivity contribution in [3.63, 3.8) is 0 Å². The maximum absolute atomic E-state index is 13.3. The zero-order chi connectivity index (χ0) is 14.7. The predicted molar refractivity (Wildman–Crippen MR) is 73.2 cm³/mol. The van der Waals surface area contributed by atoms with Gasteiger partial charge in [-0.15, -0.1) is 0 Å². The molecule has 102 valence electrons. The number of hydrogen-bond acceptors (Lipinski definition) is 3. The van der Waals surface area contributed by atoms with Crippen molar-refractivity contribution < 1.29 is 19.1 Å². The number of benzene rings is 1. The molecule has 2 aromatic rings. The predicted octanol–water partition coefficient (Wildman–Crippen LogP) is 2.93. The molecule has 1 aromatic carbocycles. The average molecular weight is 339 g/mol. The lowest BCUT2D eigenvalue weighted by atomic mass is 10.2. The maximum atomic E-state index is 13.3. The molecule has 0 aliphatic carbocycles. The van der Waals surface area contributed by atoms with E-state index in [9.17, 15) is 14.0 Å². The second kappa shape index (κ2) is 5.79. The second-order valence-electron chi connectivity index (χ2n) is 3.82. The van der Waals surface area contributed by atoms with Crippen LogP contribution in [0.25, 0.3) is 0 Å². The third kappa shape index (κ3) is 3.18. The molecule has 1 amide bonds. The van der Waals surface area contributed by atoms with Crippen LogP contribution in [0.4, 0.5) is 10.1 Å². The van der Waals surface area contributed by atoms with Crippen LogP contribution in [0.15, 0.2) is 41.0 Å². The summed E-state index contributed by atoms with van der Waals surface area (Å²) in [6, 6.07) is 6.65. The molecule has 0 aliphatic heterocycles. The van der Waals surface area contributed by atoms with Gasteiger partial charge in [-0.3, -0.25) is 4.79 Å². The van der Waals surface area contributed by atoms with Crippen LogP contribution in [0.1, 0.15) is 20.8 Å². The number of carboxylic acids is 1. The van der Waals surface area contributed by atoms with E-state index < -0.39 is 17.7 Å². The lowest BCUT2D eigenvalue weighted by molar-refractivity contribution is 0.0690. The molecule has 5 nitrogen and oxygen atoms in total. The van der Waals surface area contributed by atoms with E-state index in [0.29, 0.717) is 0 Å². The van der Waals surface area contributed by atoms with Crippen molar-refractivity contribution >= 4 is 33.5 Å². The Labute approximate surface area is 121 Å². The Balaban J connectivity index is 2.21. The van der Waals surface area contributed by atoms with Crippen LogP contribution in [-0.4, -0.2) is 22.0 Å². The Hall–Kier alpha value is -2.28. The molecule has 1 heterocycles. The summed E-state index contributed by atoms with van der Waals surface area (Å²) in [4.78, 5) is 26.3. The fraction of sp³-hybridized carbons (Fsp3) is 0. The zero-order valence-corrected chi connectivity index (χ0v) is 11.5. The number of nitrogens with zero attached hydrogens (tertiary/aromatic N) is 1. The van der Waals surface area contributed by atoms with Gasteiger partial charge in [0.1, 0.15) is 11.5 Å². The molecule has 1 aromatic heterocycles. The van der Waals surface area contributed by atoms with Crippen LogP contribution in [0.3, 0.4) is 0 Å². The van der Waals surface area contributed by atoms with Crippen molar-refractivity contribution in [2.24, 2.45) is 0 Å². The summed E-state index contributed by atoms with van der Waals surface area (Å²) in [5.74, 6) is -2.28. The van der Waals surface area contributed by atoms with Crippen molar-refractivity contribution in [1.82, 2.24) is 4.98 Å². The van der Waals surface area contributed by atoms with Gasteiger partial charge in [-0.2, -0.15) is 0 Å². The SMILES string of the molecule is O=C(Nc1ccc(Br)c(F)c1)c1ccnc(C(=O)O)c1. The standard InChI is InChI=1S/C13H8BrFN2O3/c14-9-2-1-8(6-10(9)15)17-12(18)7-3-4-16-11(5-7)13(19)20/h1-6H,(H,17,18)(H,19,20). The Morgan fingerprint density at radius 3 is 2.65 bits per heavy atom. The van der Waals surface area contributed by atoms with E-state index in [2.05, 4.69) is 26.2 Å². The highest BCUT2D eigenvalue weighted by atomic mass is 79.9. The van der Waals surface area contributed by atoms with E-state index in [1.54, 1.807) is 0 Å². The van der Waals surface area contributed by atoms with Gasteiger partial charge < -0.3 is 10.4 Å². The first kappa shape index (κ1) is 14.1. The van der Waals surface area contributed by atoms with Gasteiger partial charge >= 0.3 is 5.97 Å². The molecule has 2 N–H and O–H groups in total. The molecule has 0 saturated heterocycles. The molecule has 7 heteroatoms. The number of nitrogens with one attached hydrogen (secondary N) is 1. The van der Waals surface area contributed by atoms with E-state index in [0.717, 1.165) is 12.1 Å². The lowest BCUT2D eigenvalue weighted by Gasteiger charge is -2.06. The normalized spacial score (nSPS) is 10.1. The van der Waals surface area contributed by atoms with Crippen LogP contribution in [0.2, 0.25) is 0 Å². The Bertz CT molecular complexity index is 691. The number of aromatic nitrogens is 1. The van der Waals surface area contributed by atoms with E-state index in [-0.39, 0.29) is 21.4 Å². The van der Waals surface area contributed by atoms with Crippen molar-refractivity contribution in [3.05, 3.63) is 58.1 Å². The first-order valence-corrected chi connectivity index (χ1v) is 6.22. The smallest absolute Gasteiger partial charge is 0.354 e. The molecule has 0 atom stereocenters. The van der Waals surface area contributed by atoms with Gasteiger partial charge in [0.15, 0.2) is 0 Å². The number of carbonyl (C=O) groups excluding carboxylic acids is 1. The molecule has 2 rings (SSSR count). The lowest BCUT2D eigenvalue weighted by Crippen LogP contribution is -2.13.